The predicted molar refractivity (Wildman–Crippen MR) is 90.3 cm³/mol. The van der Waals surface area contributed by atoms with Crippen LogP contribution in [0.15, 0.2) is 35.5 Å². The number of carbonyl (C=O) groups excluding carboxylic acids is 4. The molecule has 25 heavy (non-hydrogen) atoms. The van der Waals surface area contributed by atoms with Gasteiger partial charge >= 0.3 is 5.97 Å². The third kappa shape index (κ3) is 4.43. The van der Waals surface area contributed by atoms with Crippen molar-refractivity contribution < 1.29 is 23.9 Å². The molecule has 8 nitrogen and oxygen atoms in total. The maximum atomic E-state index is 12.5. The van der Waals surface area contributed by atoms with E-state index in [2.05, 4.69) is 16.0 Å². The largest absolute Gasteiger partial charge is 0.466 e. The number of ether oxygens (including phenoxy) is 1. The molecule has 0 saturated heterocycles. The van der Waals surface area contributed by atoms with Crippen LogP contribution in [-0.2, 0) is 23.9 Å². The normalized spacial score (nSPS) is 16.8. The van der Waals surface area contributed by atoms with E-state index in [0.717, 1.165) is 0 Å². The van der Waals surface area contributed by atoms with Crippen molar-refractivity contribution in [2.24, 2.45) is 5.92 Å². The van der Waals surface area contributed by atoms with Gasteiger partial charge in [0, 0.05) is 30.4 Å². The standard InChI is InChI=1S/C17H19N3O5/c1-9-15(17(24)25-3)13(8-14(22)18-9)16(23)20-12-6-4-11(5-7-12)19-10(2)21/h4-7,13H,8H2,1-3H3,(H,18,22)(H,19,21)(H,20,23). The van der Waals surface area contributed by atoms with Gasteiger partial charge in [0.15, 0.2) is 0 Å². The van der Waals surface area contributed by atoms with Crippen molar-refractivity contribution in [3.63, 3.8) is 0 Å². The molecule has 2 rings (SSSR count). The topological polar surface area (TPSA) is 114 Å². The van der Waals surface area contributed by atoms with Crippen molar-refractivity contribution >= 4 is 35.1 Å². The highest BCUT2D eigenvalue weighted by molar-refractivity contribution is 6.06. The molecule has 3 amide bonds. The Bertz CT molecular complexity index is 752. The van der Waals surface area contributed by atoms with Crippen LogP contribution in [-0.4, -0.2) is 30.8 Å². The smallest absolute Gasteiger partial charge is 0.336 e. The Hall–Kier alpha value is -3.16. The molecular weight excluding hydrogens is 326 g/mol. The number of hydrogen-bond donors (Lipinski definition) is 3. The van der Waals surface area contributed by atoms with Gasteiger partial charge in [-0.25, -0.2) is 4.79 Å². The minimum absolute atomic E-state index is 0.134. The molecule has 0 bridgehead atoms. The summed E-state index contributed by atoms with van der Waals surface area (Å²) < 4.78 is 4.71. The zero-order valence-electron chi connectivity index (χ0n) is 14.1. The molecule has 1 atom stereocenters. The van der Waals surface area contributed by atoms with Crippen molar-refractivity contribution in [2.45, 2.75) is 20.3 Å². The van der Waals surface area contributed by atoms with Crippen LogP contribution in [0.25, 0.3) is 0 Å². The summed E-state index contributed by atoms with van der Waals surface area (Å²) >= 11 is 0. The van der Waals surface area contributed by atoms with Crippen LogP contribution in [0.5, 0.6) is 0 Å². The highest BCUT2D eigenvalue weighted by Gasteiger charge is 2.36. The third-order valence-corrected chi connectivity index (χ3v) is 3.66. The van der Waals surface area contributed by atoms with Gasteiger partial charge in [-0.2, -0.15) is 0 Å². The third-order valence-electron chi connectivity index (χ3n) is 3.66. The molecule has 1 aromatic rings. The van der Waals surface area contributed by atoms with Gasteiger partial charge in [-0.15, -0.1) is 0 Å². The molecule has 1 heterocycles. The second kappa shape index (κ2) is 7.61. The minimum Gasteiger partial charge on any atom is -0.466 e. The zero-order valence-corrected chi connectivity index (χ0v) is 14.1. The first-order valence-electron chi connectivity index (χ1n) is 7.59. The fourth-order valence-corrected chi connectivity index (χ4v) is 2.57. The Labute approximate surface area is 144 Å². The lowest BCUT2D eigenvalue weighted by atomic mass is 9.89. The van der Waals surface area contributed by atoms with Gasteiger partial charge in [-0.1, -0.05) is 0 Å². The van der Waals surface area contributed by atoms with Crippen LogP contribution in [0.2, 0.25) is 0 Å². The number of nitrogens with one attached hydrogen (secondary N) is 3. The van der Waals surface area contributed by atoms with E-state index >= 15 is 0 Å². The SMILES string of the molecule is COC(=O)C1=C(C)NC(=O)CC1C(=O)Nc1ccc(NC(C)=O)cc1. The molecule has 0 spiro atoms. The first-order chi connectivity index (χ1) is 11.8. The Morgan fingerprint density at radius 2 is 1.68 bits per heavy atom. The minimum atomic E-state index is -0.934. The van der Waals surface area contributed by atoms with Crippen LogP contribution >= 0.6 is 0 Å². The number of methoxy groups -OCH3 is 1. The molecule has 8 heteroatoms. The van der Waals surface area contributed by atoms with Gasteiger partial charge in [0.25, 0.3) is 0 Å². The van der Waals surface area contributed by atoms with E-state index in [4.69, 9.17) is 4.74 Å². The van der Waals surface area contributed by atoms with Crippen LogP contribution < -0.4 is 16.0 Å². The van der Waals surface area contributed by atoms with Crippen molar-refractivity contribution in [1.82, 2.24) is 5.32 Å². The lowest BCUT2D eigenvalue weighted by Crippen LogP contribution is -2.40. The van der Waals surface area contributed by atoms with Crippen molar-refractivity contribution in [3.8, 4) is 0 Å². The quantitative estimate of drug-likeness (QED) is 0.709. The van der Waals surface area contributed by atoms with Crippen molar-refractivity contribution in [3.05, 3.63) is 35.5 Å². The molecule has 1 aliphatic rings. The van der Waals surface area contributed by atoms with Gasteiger partial charge in [0.05, 0.1) is 18.6 Å². The monoisotopic (exact) mass is 345 g/mol. The van der Waals surface area contributed by atoms with Crippen molar-refractivity contribution in [2.75, 3.05) is 17.7 Å². The van der Waals surface area contributed by atoms with Crippen LogP contribution in [0, 0.1) is 5.92 Å². The zero-order chi connectivity index (χ0) is 18.6. The number of anilines is 2. The Morgan fingerprint density at radius 1 is 1.12 bits per heavy atom. The first kappa shape index (κ1) is 18.2. The summed E-state index contributed by atoms with van der Waals surface area (Å²) in [7, 11) is 1.22. The van der Waals surface area contributed by atoms with Gasteiger partial charge in [0.1, 0.15) is 0 Å². The van der Waals surface area contributed by atoms with E-state index < -0.39 is 17.8 Å². The Kier molecular flexibility index (Phi) is 5.53. The fraction of sp³-hybridized carbons (Fsp3) is 0.294. The van der Waals surface area contributed by atoms with Crippen molar-refractivity contribution in [1.29, 1.82) is 0 Å². The summed E-state index contributed by atoms with van der Waals surface area (Å²) in [6.45, 7) is 2.94. The number of benzene rings is 1. The molecule has 1 unspecified atom stereocenters. The van der Waals surface area contributed by atoms with Gasteiger partial charge in [0.2, 0.25) is 17.7 Å². The maximum Gasteiger partial charge on any atom is 0.336 e. The van der Waals surface area contributed by atoms with E-state index in [1.54, 1.807) is 31.2 Å². The number of amides is 3. The summed E-state index contributed by atoms with van der Waals surface area (Å²) in [6, 6.07) is 6.49. The second-order valence-electron chi connectivity index (χ2n) is 5.58. The maximum absolute atomic E-state index is 12.5. The Morgan fingerprint density at radius 3 is 2.20 bits per heavy atom. The summed E-state index contributed by atoms with van der Waals surface area (Å²) in [5.74, 6) is -2.61. The van der Waals surface area contributed by atoms with Crippen LogP contribution in [0.3, 0.4) is 0 Å². The number of esters is 1. The summed E-state index contributed by atoms with van der Waals surface area (Å²) in [4.78, 5) is 47.2. The first-order valence-corrected chi connectivity index (χ1v) is 7.59. The number of allylic oxidation sites excluding steroid dienone is 1. The number of hydrogen-bond acceptors (Lipinski definition) is 5. The Balaban J connectivity index is 2.18. The lowest BCUT2D eigenvalue weighted by Gasteiger charge is -2.25. The highest BCUT2D eigenvalue weighted by atomic mass is 16.5. The molecule has 0 fully saturated rings. The van der Waals surface area contributed by atoms with Gasteiger partial charge in [-0.3, -0.25) is 14.4 Å². The van der Waals surface area contributed by atoms with Gasteiger partial charge in [-0.05, 0) is 31.2 Å². The van der Waals surface area contributed by atoms with E-state index in [1.165, 1.54) is 14.0 Å². The lowest BCUT2D eigenvalue weighted by molar-refractivity contribution is -0.139. The van der Waals surface area contributed by atoms with Crippen LogP contribution in [0.4, 0.5) is 11.4 Å². The second-order valence-corrected chi connectivity index (χ2v) is 5.58. The van der Waals surface area contributed by atoms with E-state index in [9.17, 15) is 19.2 Å². The van der Waals surface area contributed by atoms with Crippen LogP contribution in [0.1, 0.15) is 20.3 Å². The predicted octanol–water partition coefficient (Wildman–Crippen LogP) is 1.17. The number of carbonyl (C=O) groups is 4. The molecule has 1 aromatic carbocycles. The van der Waals surface area contributed by atoms with Gasteiger partial charge < -0.3 is 20.7 Å². The summed E-state index contributed by atoms with van der Waals surface area (Å²) in [6.07, 6.45) is -0.141. The highest BCUT2D eigenvalue weighted by Crippen LogP contribution is 2.26. The molecule has 132 valence electrons. The van der Waals surface area contributed by atoms with E-state index in [0.29, 0.717) is 17.1 Å². The molecule has 0 aliphatic carbocycles. The average molecular weight is 345 g/mol. The average Bonchev–Trinajstić information content (AvgIpc) is 2.54. The molecule has 1 aliphatic heterocycles. The number of rotatable bonds is 4. The summed E-state index contributed by atoms with van der Waals surface area (Å²) in [5, 5.41) is 7.82. The fourth-order valence-electron chi connectivity index (χ4n) is 2.57. The molecule has 3 N–H and O–H groups in total. The van der Waals surface area contributed by atoms with E-state index in [-0.39, 0.29) is 23.8 Å². The molecule has 0 radical (unpaired) electrons. The van der Waals surface area contributed by atoms with E-state index in [1.807, 2.05) is 0 Å². The molecular formula is C17H19N3O5. The summed E-state index contributed by atoms with van der Waals surface area (Å²) in [5.41, 5.74) is 1.51. The molecule has 0 aromatic heterocycles. The molecule has 0 saturated carbocycles.